The molecule has 36 heavy (non-hydrogen) atoms. The Morgan fingerprint density at radius 2 is 1.64 bits per heavy atom. The quantitative estimate of drug-likeness (QED) is 0.564. The number of esters is 1. The number of nitrogens with zero attached hydrogens (tertiary/aromatic N) is 1. The lowest BCUT2D eigenvalue weighted by Gasteiger charge is -2.36. The van der Waals surface area contributed by atoms with Gasteiger partial charge in [-0.1, -0.05) is 12.1 Å². The van der Waals surface area contributed by atoms with Crippen molar-refractivity contribution in [2.75, 3.05) is 27.9 Å². The van der Waals surface area contributed by atoms with Crippen LogP contribution in [0.5, 0.6) is 23.0 Å². The molecule has 0 aromatic heterocycles. The molecule has 1 heterocycles. The molecule has 0 saturated carbocycles. The van der Waals surface area contributed by atoms with Gasteiger partial charge in [0.25, 0.3) is 0 Å². The lowest BCUT2D eigenvalue weighted by Crippen LogP contribution is -2.38. The Labute approximate surface area is 210 Å². The predicted octanol–water partition coefficient (Wildman–Crippen LogP) is 4.56. The molecule has 8 heteroatoms. The molecule has 2 aromatic rings. The van der Waals surface area contributed by atoms with E-state index in [9.17, 15) is 14.7 Å². The Morgan fingerprint density at radius 1 is 0.972 bits per heavy atom. The molecule has 3 atom stereocenters. The van der Waals surface area contributed by atoms with Gasteiger partial charge in [-0.15, -0.1) is 0 Å². The molecule has 1 aliphatic carbocycles. The van der Waals surface area contributed by atoms with Crippen molar-refractivity contribution in [3.8, 4) is 23.0 Å². The average molecular weight is 494 g/mol. The number of phenols is 1. The summed E-state index contributed by atoms with van der Waals surface area (Å²) in [4.78, 5) is 31.5. The maximum atomic E-state index is 13.7. The molecule has 1 N–H and O–H groups in total. The molecule has 2 aromatic carbocycles. The van der Waals surface area contributed by atoms with E-state index in [0.717, 1.165) is 5.56 Å². The fourth-order valence-corrected chi connectivity index (χ4v) is 5.20. The molecular weight excluding hydrogens is 462 g/mol. The van der Waals surface area contributed by atoms with Crippen LogP contribution in [0.15, 0.2) is 52.7 Å². The number of ketones is 1. The van der Waals surface area contributed by atoms with E-state index in [1.807, 2.05) is 18.2 Å². The minimum absolute atomic E-state index is 0.0635. The summed E-state index contributed by atoms with van der Waals surface area (Å²) in [6, 6.07) is 10.6. The number of Topliss-reactive ketones (excluding diaryl/α,β-unsaturated/α-hetero) is 1. The Kier molecular flexibility index (Phi) is 7.33. The van der Waals surface area contributed by atoms with E-state index >= 15 is 0 Å². The van der Waals surface area contributed by atoms with E-state index in [4.69, 9.17) is 23.9 Å². The van der Waals surface area contributed by atoms with Crippen LogP contribution in [0.1, 0.15) is 49.7 Å². The first-order valence-corrected chi connectivity index (χ1v) is 11.9. The van der Waals surface area contributed by atoms with E-state index in [2.05, 4.69) is 0 Å². The molecule has 2 aliphatic rings. The highest BCUT2D eigenvalue weighted by Gasteiger charge is 2.45. The minimum atomic E-state index is -0.766. The van der Waals surface area contributed by atoms with Crippen LogP contribution in [0.4, 0.5) is 0 Å². The molecule has 0 bridgehead atoms. The molecule has 0 spiro atoms. The van der Waals surface area contributed by atoms with Crippen LogP contribution in [0.3, 0.4) is 0 Å². The number of hydrogen-bond donors (Lipinski definition) is 1. The zero-order valence-electron chi connectivity index (χ0n) is 21.2. The summed E-state index contributed by atoms with van der Waals surface area (Å²) in [5, 5.41) is 10.5. The molecule has 4 rings (SSSR count). The second-order valence-electron chi connectivity index (χ2n) is 8.89. The van der Waals surface area contributed by atoms with Gasteiger partial charge in [0.05, 0.1) is 27.9 Å². The molecule has 8 nitrogen and oxygen atoms in total. The van der Waals surface area contributed by atoms with Crippen molar-refractivity contribution in [2.24, 2.45) is 10.9 Å². The van der Waals surface area contributed by atoms with Gasteiger partial charge in [-0.25, -0.2) is 0 Å². The molecule has 0 radical (unpaired) electrons. The van der Waals surface area contributed by atoms with E-state index in [-0.39, 0.29) is 30.5 Å². The van der Waals surface area contributed by atoms with E-state index < -0.39 is 17.8 Å². The van der Waals surface area contributed by atoms with Gasteiger partial charge < -0.3 is 24.1 Å². The number of methoxy groups -OCH3 is 3. The standard InChI is InChI=1S/C28H31NO7/c1-6-36-28(32)25-15(2)29-19-11-18(16-7-10-23(34-4)24(14-16)35-5)13-21(31)27(19)26(25)17-8-9-22(33-3)20(30)12-17/h7-10,12,14,18,25-26,30H,6,11,13H2,1-5H3/t18-,25?,26+/m1/s1. The fraction of sp³-hybridized carbons (Fsp3) is 0.393. The Bertz CT molecular complexity index is 1250. The van der Waals surface area contributed by atoms with E-state index in [1.165, 1.54) is 7.11 Å². The minimum Gasteiger partial charge on any atom is -0.504 e. The number of carbonyl (C=O) groups excluding carboxylic acids is 2. The summed E-state index contributed by atoms with van der Waals surface area (Å²) in [6.07, 6.45) is 0.791. The number of phenolic OH excluding ortho intramolecular Hbond substituents is 1. The molecule has 1 unspecified atom stereocenters. The number of aliphatic imine (C=N–C) groups is 1. The van der Waals surface area contributed by atoms with Crippen molar-refractivity contribution in [1.29, 1.82) is 0 Å². The first kappa shape index (κ1) is 25.3. The van der Waals surface area contributed by atoms with Crippen LogP contribution in [-0.4, -0.2) is 50.5 Å². The Morgan fingerprint density at radius 3 is 2.28 bits per heavy atom. The third kappa shape index (κ3) is 4.55. The second kappa shape index (κ2) is 10.4. The van der Waals surface area contributed by atoms with E-state index in [1.54, 1.807) is 46.3 Å². The smallest absolute Gasteiger partial charge is 0.315 e. The summed E-state index contributed by atoms with van der Waals surface area (Å²) < 4.78 is 21.3. The highest BCUT2D eigenvalue weighted by molar-refractivity contribution is 6.09. The van der Waals surface area contributed by atoms with Crippen LogP contribution in [-0.2, 0) is 14.3 Å². The van der Waals surface area contributed by atoms with Gasteiger partial charge in [0, 0.05) is 29.3 Å². The normalized spacial score (nSPS) is 21.4. The second-order valence-corrected chi connectivity index (χ2v) is 8.89. The van der Waals surface area contributed by atoms with Crippen LogP contribution in [0.25, 0.3) is 0 Å². The zero-order valence-corrected chi connectivity index (χ0v) is 21.2. The molecule has 0 amide bonds. The van der Waals surface area contributed by atoms with Gasteiger partial charge in [-0.3, -0.25) is 14.6 Å². The van der Waals surface area contributed by atoms with Gasteiger partial charge >= 0.3 is 5.97 Å². The summed E-state index contributed by atoms with van der Waals surface area (Å²) in [6.45, 7) is 3.74. The average Bonchev–Trinajstić information content (AvgIpc) is 2.87. The number of hydrogen-bond acceptors (Lipinski definition) is 8. The van der Waals surface area contributed by atoms with Crippen molar-refractivity contribution >= 4 is 17.5 Å². The van der Waals surface area contributed by atoms with Gasteiger partial charge in [-0.05, 0) is 61.6 Å². The third-order valence-corrected chi connectivity index (χ3v) is 6.87. The lowest BCUT2D eigenvalue weighted by atomic mass is 9.69. The fourth-order valence-electron chi connectivity index (χ4n) is 5.20. The molecule has 1 aliphatic heterocycles. The third-order valence-electron chi connectivity index (χ3n) is 6.87. The maximum absolute atomic E-state index is 13.7. The summed E-state index contributed by atoms with van der Waals surface area (Å²) in [5.74, 6) is -0.549. The van der Waals surface area contributed by atoms with Gasteiger partial charge in [0.2, 0.25) is 0 Å². The largest absolute Gasteiger partial charge is 0.504 e. The Balaban J connectivity index is 1.79. The van der Waals surface area contributed by atoms with Crippen LogP contribution in [0, 0.1) is 5.92 Å². The first-order valence-electron chi connectivity index (χ1n) is 11.9. The van der Waals surface area contributed by atoms with Gasteiger partial charge in [0.1, 0.15) is 5.92 Å². The number of rotatable bonds is 7. The molecule has 190 valence electrons. The SMILES string of the molecule is CCOC(=O)C1C(C)=NC2=C(C(=O)C[C@H](c3ccc(OC)c(OC)c3)C2)[C@H]1c1ccc(OC)c(O)c1. The molecule has 0 saturated heterocycles. The number of carbonyl (C=O) groups is 2. The van der Waals surface area contributed by atoms with Gasteiger partial charge in [-0.2, -0.15) is 0 Å². The van der Waals surface area contributed by atoms with Crippen molar-refractivity contribution in [3.05, 3.63) is 58.8 Å². The highest BCUT2D eigenvalue weighted by Crippen LogP contribution is 2.48. The van der Waals surface area contributed by atoms with Crippen molar-refractivity contribution in [1.82, 2.24) is 0 Å². The predicted molar refractivity (Wildman–Crippen MR) is 134 cm³/mol. The summed E-state index contributed by atoms with van der Waals surface area (Å²) >= 11 is 0. The van der Waals surface area contributed by atoms with Crippen molar-refractivity contribution in [2.45, 2.75) is 38.5 Å². The van der Waals surface area contributed by atoms with Crippen molar-refractivity contribution < 1.29 is 33.6 Å². The number of benzene rings is 2. The highest BCUT2D eigenvalue weighted by atomic mass is 16.5. The maximum Gasteiger partial charge on any atom is 0.315 e. The molecule has 0 fully saturated rings. The van der Waals surface area contributed by atoms with Crippen LogP contribution < -0.4 is 14.2 Å². The van der Waals surface area contributed by atoms with Crippen LogP contribution >= 0.6 is 0 Å². The zero-order chi connectivity index (χ0) is 26.0. The number of aromatic hydroxyl groups is 1. The molecular formula is C28H31NO7. The van der Waals surface area contributed by atoms with Gasteiger partial charge in [0.15, 0.2) is 28.8 Å². The van der Waals surface area contributed by atoms with Crippen molar-refractivity contribution in [3.63, 3.8) is 0 Å². The monoisotopic (exact) mass is 493 g/mol. The Hall–Kier alpha value is -3.81. The number of ether oxygens (including phenoxy) is 4. The lowest BCUT2D eigenvalue weighted by molar-refractivity contribution is -0.146. The number of allylic oxidation sites excluding steroid dienone is 2. The summed E-state index contributed by atoms with van der Waals surface area (Å²) in [7, 11) is 4.62. The topological polar surface area (TPSA) is 104 Å². The first-order chi connectivity index (χ1) is 17.3. The van der Waals surface area contributed by atoms with Crippen LogP contribution in [0.2, 0.25) is 0 Å². The van der Waals surface area contributed by atoms with E-state index in [0.29, 0.717) is 46.2 Å². The summed E-state index contributed by atoms with van der Waals surface area (Å²) in [5.41, 5.74) is 3.31.